The van der Waals surface area contributed by atoms with E-state index in [4.69, 9.17) is 0 Å². The Morgan fingerprint density at radius 1 is 1.10 bits per heavy atom. The molecule has 3 aromatic rings. The van der Waals surface area contributed by atoms with Crippen LogP contribution < -0.4 is 15.5 Å². The number of nitrogens with zero attached hydrogens (tertiary/aromatic N) is 3. The van der Waals surface area contributed by atoms with Crippen LogP contribution >= 0.6 is 0 Å². The quantitative estimate of drug-likeness (QED) is 0.605. The molecule has 6 nitrogen and oxygen atoms in total. The van der Waals surface area contributed by atoms with Crippen molar-refractivity contribution in [2.24, 2.45) is 0 Å². The van der Waals surface area contributed by atoms with Crippen molar-refractivity contribution < 1.29 is 9.18 Å². The van der Waals surface area contributed by atoms with Gasteiger partial charge < -0.3 is 15.5 Å². The van der Waals surface area contributed by atoms with Crippen LogP contribution in [0.15, 0.2) is 54.7 Å². The highest BCUT2D eigenvalue weighted by molar-refractivity contribution is 6.03. The average Bonchev–Trinajstić information content (AvgIpc) is 2.71. The molecule has 0 aliphatic rings. The molecule has 2 N–H and O–H groups in total. The van der Waals surface area contributed by atoms with Gasteiger partial charge in [0, 0.05) is 36.3 Å². The number of halogens is 1. The minimum Gasteiger partial charge on any atom is -0.372 e. The summed E-state index contributed by atoms with van der Waals surface area (Å²) in [4.78, 5) is 23.2. The van der Waals surface area contributed by atoms with Crippen LogP contribution in [0, 0.1) is 12.7 Å². The second-order valence-electron chi connectivity index (χ2n) is 6.53. The fourth-order valence-corrected chi connectivity index (χ4v) is 3.00. The normalized spacial score (nSPS) is 10.5. The number of nitrogens with one attached hydrogen (secondary N) is 2. The lowest BCUT2D eigenvalue weighted by Gasteiger charge is -2.22. The first-order valence-electron chi connectivity index (χ1n) is 9.52. The Bertz CT molecular complexity index is 1000. The third-order valence-electron chi connectivity index (χ3n) is 4.56. The summed E-state index contributed by atoms with van der Waals surface area (Å²) in [6.07, 6.45) is 1.51. The summed E-state index contributed by atoms with van der Waals surface area (Å²) >= 11 is 0. The van der Waals surface area contributed by atoms with Crippen molar-refractivity contribution in [1.82, 2.24) is 9.97 Å². The van der Waals surface area contributed by atoms with Gasteiger partial charge in [0.2, 0.25) is 5.95 Å². The standard InChI is InChI=1S/C22H24FN5O/c1-4-28(5-2)18-9-10-19(15(3)13-18)26-22-24-12-11-20(27-22)21(29)25-17-8-6-7-16(23)14-17/h6-14H,4-5H2,1-3H3,(H,25,29)(H,24,26,27). The number of anilines is 4. The molecule has 0 aliphatic carbocycles. The molecule has 29 heavy (non-hydrogen) atoms. The molecule has 0 fully saturated rings. The van der Waals surface area contributed by atoms with Crippen molar-refractivity contribution >= 4 is 28.9 Å². The zero-order chi connectivity index (χ0) is 20.8. The summed E-state index contributed by atoms with van der Waals surface area (Å²) in [5.41, 5.74) is 3.62. The number of hydrogen-bond acceptors (Lipinski definition) is 5. The molecule has 0 atom stereocenters. The van der Waals surface area contributed by atoms with E-state index < -0.39 is 11.7 Å². The van der Waals surface area contributed by atoms with E-state index in [0.29, 0.717) is 11.6 Å². The lowest BCUT2D eigenvalue weighted by atomic mass is 10.1. The summed E-state index contributed by atoms with van der Waals surface area (Å²) < 4.78 is 13.3. The van der Waals surface area contributed by atoms with Crippen LogP contribution in [0.3, 0.4) is 0 Å². The van der Waals surface area contributed by atoms with Gasteiger partial charge in [-0.2, -0.15) is 0 Å². The minimum absolute atomic E-state index is 0.184. The molecule has 150 valence electrons. The smallest absolute Gasteiger partial charge is 0.274 e. The van der Waals surface area contributed by atoms with Gasteiger partial charge in [0.25, 0.3) is 5.91 Å². The molecule has 0 bridgehead atoms. The maximum atomic E-state index is 13.3. The van der Waals surface area contributed by atoms with E-state index in [-0.39, 0.29) is 5.69 Å². The Kier molecular flexibility index (Phi) is 6.39. The van der Waals surface area contributed by atoms with Gasteiger partial charge in [-0.15, -0.1) is 0 Å². The maximum absolute atomic E-state index is 13.3. The predicted molar refractivity (Wildman–Crippen MR) is 114 cm³/mol. The summed E-state index contributed by atoms with van der Waals surface area (Å²) in [5.74, 6) is -0.540. The molecule has 0 spiro atoms. The summed E-state index contributed by atoms with van der Waals surface area (Å²) in [7, 11) is 0. The van der Waals surface area contributed by atoms with E-state index in [1.165, 1.54) is 30.5 Å². The molecule has 1 heterocycles. The van der Waals surface area contributed by atoms with Gasteiger partial charge in [0.05, 0.1) is 0 Å². The summed E-state index contributed by atoms with van der Waals surface area (Å²) in [6.45, 7) is 8.14. The van der Waals surface area contributed by atoms with Gasteiger partial charge in [-0.05, 0) is 68.8 Å². The van der Waals surface area contributed by atoms with Gasteiger partial charge in [0.1, 0.15) is 11.5 Å². The SMILES string of the molecule is CCN(CC)c1ccc(Nc2nccc(C(=O)Nc3cccc(F)c3)n2)c(C)c1. The molecule has 3 rings (SSSR count). The molecular formula is C22H24FN5O. The van der Waals surface area contributed by atoms with Crippen LogP contribution in [0.4, 0.5) is 27.4 Å². The highest BCUT2D eigenvalue weighted by atomic mass is 19.1. The number of carbonyl (C=O) groups excluding carboxylic acids is 1. The van der Waals surface area contributed by atoms with Crippen LogP contribution in [-0.4, -0.2) is 29.0 Å². The molecule has 0 saturated carbocycles. The van der Waals surface area contributed by atoms with Crippen molar-refractivity contribution in [3.8, 4) is 0 Å². The topological polar surface area (TPSA) is 70.2 Å². The summed E-state index contributed by atoms with van der Waals surface area (Å²) in [6, 6.07) is 13.3. The molecule has 0 radical (unpaired) electrons. The largest absolute Gasteiger partial charge is 0.372 e. The van der Waals surface area contributed by atoms with E-state index in [2.05, 4.69) is 45.4 Å². The number of benzene rings is 2. The molecule has 1 amide bonds. The highest BCUT2D eigenvalue weighted by Gasteiger charge is 2.11. The zero-order valence-corrected chi connectivity index (χ0v) is 16.7. The molecule has 1 aromatic heterocycles. The zero-order valence-electron chi connectivity index (χ0n) is 16.7. The Balaban J connectivity index is 1.75. The molecule has 2 aromatic carbocycles. The monoisotopic (exact) mass is 393 g/mol. The molecule has 7 heteroatoms. The number of carbonyl (C=O) groups is 1. The fourth-order valence-electron chi connectivity index (χ4n) is 3.00. The first kappa shape index (κ1) is 20.3. The van der Waals surface area contributed by atoms with Crippen molar-refractivity contribution in [3.63, 3.8) is 0 Å². The first-order valence-corrected chi connectivity index (χ1v) is 9.52. The fraction of sp³-hybridized carbons (Fsp3) is 0.227. The highest BCUT2D eigenvalue weighted by Crippen LogP contribution is 2.24. The van der Waals surface area contributed by atoms with Gasteiger partial charge in [0.15, 0.2) is 0 Å². The number of aryl methyl sites for hydroxylation is 1. The van der Waals surface area contributed by atoms with Crippen molar-refractivity contribution in [1.29, 1.82) is 0 Å². The number of rotatable bonds is 7. The molecule has 0 unspecified atom stereocenters. The summed E-state index contributed by atoms with van der Waals surface area (Å²) in [5, 5.41) is 5.79. The number of amides is 1. The number of hydrogen-bond donors (Lipinski definition) is 2. The minimum atomic E-state index is -0.436. The Hall–Kier alpha value is -3.48. The van der Waals surface area contributed by atoms with E-state index in [0.717, 1.165) is 30.0 Å². The van der Waals surface area contributed by atoms with Crippen LogP contribution in [0.2, 0.25) is 0 Å². The van der Waals surface area contributed by atoms with Gasteiger partial charge >= 0.3 is 0 Å². The molecule has 0 aliphatic heterocycles. The molecule has 0 saturated heterocycles. The second kappa shape index (κ2) is 9.14. The Morgan fingerprint density at radius 2 is 1.90 bits per heavy atom. The van der Waals surface area contributed by atoms with E-state index in [1.54, 1.807) is 6.07 Å². The number of aromatic nitrogens is 2. The van der Waals surface area contributed by atoms with E-state index in [1.807, 2.05) is 19.1 Å². The van der Waals surface area contributed by atoms with Crippen molar-refractivity contribution in [2.45, 2.75) is 20.8 Å². The van der Waals surface area contributed by atoms with Gasteiger partial charge in [-0.3, -0.25) is 4.79 Å². The lowest BCUT2D eigenvalue weighted by Crippen LogP contribution is -2.21. The van der Waals surface area contributed by atoms with Crippen LogP contribution in [0.5, 0.6) is 0 Å². The average molecular weight is 393 g/mol. The predicted octanol–water partition coefficient (Wildman–Crippen LogP) is 4.77. The third kappa shape index (κ3) is 5.07. The first-order chi connectivity index (χ1) is 14.0. The Morgan fingerprint density at radius 3 is 2.59 bits per heavy atom. The van der Waals surface area contributed by atoms with Crippen LogP contribution in [0.1, 0.15) is 29.9 Å². The second-order valence-corrected chi connectivity index (χ2v) is 6.53. The van der Waals surface area contributed by atoms with Crippen molar-refractivity contribution in [3.05, 3.63) is 71.8 Å². The van der Waals surface area contributed by atoms with Crippen LogP contribution in [0.25, 0.3) is 0 Å². The third-order valence-corrected chi connectivity index (χ3v) is 4.56. The molecular weight excluding hydrogens is 369 g/mol. The van der Waals surface area contributed by atoms with Crippen LogP contribution in [-0.2, 0) is 0 Å². The van der Waals surface area contributed by atoms with Crippen molar-refractivity contribution in [2.75, 3.05) is 28.6 Å². The lowest BCUT2D eigenvalue weighted by molar-refractivity contribution is 0.102. The van der Waals surface area contributed by atoms with Gasteiger partial charge in [-0.1, -0.05) is 6.07 Å². The Labute approximate surface area is 169 Å². The van der Waals surface area contributed by atoms with E-state index in [9.17, 15) is 9.18 Å². The maximum Gasteiger partial charge on any atom is 0.274 e. The van der Waals surface area contributed by atoms with Gasteiger partial charge in [-0.25, -0.2) is 14.4 Å². The van der Waals surface area contributed by atoms with E-state index >= 15 is 0 Å².